The maximum Gasteiger partial charge on any atom is 0.0705 e. The molecule has 2 N–H and O–H groups in total. The molecule has 16 heavy (non-hydrogen) atoms. The van der Waals surface area contributed by atoms with Crippen LogP contribution in [0.1, 0.15) is 20.3 Å². The SMILES string of the molecule is COC(CN)CCN1CC(C)N(C)C(C)C1. The predicted molar refractivity (Wildman–Crippen MR) is 67.6 cm³/mol. The van der Waals surface area contributed by atoms with E-state index in [1.807, 2.05) is 0 Å². The summed E-state index contributed by atoms with van der Waals surface area (Å²) in [5.41, 5.74) is 5.62. The number of nitrogens with two attached hydrogens (primary N) is 1. The summed E-state index contributed by atoms with van der Waals surface area (Å²) in [6.07, 6.45) is 1.25. The summed E-state index contributed by atoms with van der Waals surface area (Å²) in [6.45, 7) is 8.61. The molecule has 4 nitrogen and oxygen atoms in total. The molecule has 1 saturated heterocycles. The first-order valence-electron chi connectivity index (χ1n) is 6.25. The van der Waals surface area contributed by atoms with Crippen molar-refractivity contribution >= 4 is 0 Å². The summed E-state index contributed by atoms with van der Waals surface area (Å²) in [6, 6.07) is 1.28. The highest BCUT2D eigenvalue weighted by atomic mass is 16.5. The van der Waals surface area contributed by atoms with Crippen molar-refractivity contribution < 1.29 is 4.74 Å². The van der Waals surface area contributed by atoms with E-state index in [4.69, 9.17) is 10.5 Å². The van der Waals surface area contributed by atoms with Crippen molar-refractivity contribution in [1.29, 1.82) is 0 Å². The molecule has 1 heterocycles. The van der Waals surface area contributed by atoms with Crippen molar-refractivity contribution in [2.24, 2.45) is 5.73 Å². The Bertz CT molecular complexity index is 185. The minimum absolute atomic E-state index is 0.213. The number of methoxy groups -OCH3 is 1. The predicted octanol–water partition coefficient (Wildman–Crippen LogP) is 0.375. The monoisotopic (exact) mass is 229 g/mol. The molecule has 0 aromatic rings. The van der Waals surface area contributed by atoms with Crippen LogP contribution < -0.4 is 5.73 Å². The maximum atomic E-state index is 5.62. The van der Waals surface area contributed by atoms with Gasteiger partial charge in [0.25, 0.3) is 0 Å². The Labute approximate surface area is 99.7 Å². The van der Waals surface area contributed by atoms with Crippen LogP contribution in [0.2, 0.25) is 0 Å². The Balaban J connectivity index is 2.33. The lowest BCUT2D eigenvalue weighted by molar-refractivity contribution is 0.0409. The van der Waals surface area contributed by atoms with E-state index < -0.39 is 0 Å². The second kappa shape index (κ2) is 6.55. The van der Waals surface area contributed by atoms with Crippen molar-refractivity contribution in [1.82, 2.24) is 9.80 Å². The molecule has 1 aliphatic rings. The quantitative estimate of drug-likeness (QED) is 0.740. The van der Waals surface area contributed by atoms with Crippen LogP contribution in [0.25, 0.3) is 0 Å². The zero-order chi connectivity index (χ0) is 12.1. The third-order valence-electron chi connectivity index (χ3n) is 3.80. The van der Waals surface area contributed by atoms with Gasteiger partial charge in [0.05, 0.1) is 6.10 Å². The Hall–Kier alpha value is -0.160. The van der Waals surface area contributed by atoms with Crippen LogP contribution in [-0.4, -0.2) is 68.3 Å². The average Bonchev–Trinajstić information content (AvgIpc) is 2.27. The molecule has 0 bridgehead atoms. The van der Waals surface area contributed by atoms with Gasteiger partial charge in [0.1, 0.15) is 0 Å². The fraction of sp³-hybridized carbons (Fsp3) is 1.00. The van der Waals surface area contributed by atoms with Gasteiger partial charge in [-0.3, -0.25) is 4.90 Å². The van der Waals surface area contributed by atoms with Crippen LogP contribution in [0.5, 0.6) is 0 Å². The van der Waals surface area contributed by atoms with Crippen LogP contribution in [0, 0.1) is 0 Å². The number of rotatable bonds is 5. The zero-order valence-electron chi connectivity index (χ0n) is 11.1. The molecule has 0 aliphatic carbocycles. The molecule has 0 aromatic heterocycles. The molecule has 4 heteroatoms. The molecule has 3 atom stereocenters. The van der Waals surface area contributed by atoms with Crippen molar-refractivity contribution in [3.8, 4) is 0 Å². The highest BCUT2D eigenvalue weighted by molar-refractivity contribution is 4.82. The van der Waals surface area contributed by atoms with E-state index in [0.29, 0.717) is 18.6 Å². The first kappa shape index (κ1) is 13.9. The largest absolute Gasteiger partial charge is 0.380 e. The van der Waals surface area contributed by atoms with Gasteiger partial charge >= 0.3 is 0 Å². The second-order valence-corrected chi connectivity index (χ2v) is 5.01. The van der Waals surface area contributed by atoms with Crippen molar-refractivity contribution in [3.05, 3.63) is 0 Å². The molecule has 0 saturated carbocycles. The van der Waals surface area contributed by atoms with Crippen LogP contribution in [0.3, 0.4) is 0 Å². The van der Waals surface area contributed by atoms with Gasteiger partial charge in [-0.15, -0.1) is 0 Å². The summed E-state index contributed by atoms with van der Waals surface area (Å²) in [7, 11) is 3.96. The van der Waals surface area contributed by atoms with Crippen molar-refractivity contribution in [2.75, 3.05) is 40.3 Å². The number of likely N-dealkylation sites (N-methyl/N-ethyl adjacent to an activating group) is 1. The molecule has 1 fully saturated rings. The standard InChI is InChI=1S/C12H27N3O/c1-10-8-15(9-11(2)14(10)3)6-5-12(7-13)16-4/h10-12H,5-9,13H2,1-4H3. The third kappa shape index (κ3) is 3.70. The maximum absolute atomic E-state index is 5.62. The van der Waals surface area contributed by atoms with E-state index >= 15 is 0 Å². The Morgan fingerprint density at radius 2 is 1.88 bits per heavy atom. The molecule has 1 aliphatic heterocycles. The number of hydrogen-bond acceptors (Lipinski definition) is 4. The van der Waals surface area contributed by atoms with Gasteiger partial charge < -0.3 is 15.4 Å². The fourth-order valence-corrected chi connectivity index (χ4v) is 2.35. The van der Waals surface area contributed by atoms with Gasteiger partial charge in [-0.25, -0.2) is 0 Å². The van der Waals surface area contributed by atoms with Gasteiger partial charge in [0, 0.05) is 45.4 Å². The van der Waals surface area contributed by atoms with Crippen molar-refractivity contribution in [2.45, 2.75) is 38.5 Å². The topological polar surface area (TPSA) is 41.7 Å². The van der Waals surface area contributed by atoms with Crippen LogP contribution in [0.4, 0.5) is 0 Å². The molecule has 0 aromatic carbocycles. The molecule has 3 unspecified atom stereocenters. The van der Waals surface area contributed by atoms with Gasteiger partial charge in [0.2, 0.25) is 0 Å². The summed E-state index contributed by atoms with van der Waals surface area (Å²) in [5, 5.41) is 0. The number of nitrogens with zero attached hydrogens (tertiary/aromatic N) is 2. The first-order chi connectivity index (χ1) is 7.58. The lowest BCUT2D eigenvalue weighted by Crippen LogP contribution is -2.55. The van der Waals surface area contributed by atoms with Crippen molar-refractivity contribution in [3.63, 3.8) is 0 Å². The number of hydrogen-bond donors (Lipinski definition) is 1. The van der Waals surface area contributed by atoms with Gasteiger partial charge in [-0.1, -0.05) is 0 Å². The summed E-state index contributed by atoms with van der Waals surface area (Å²) in [5.74, 6) is 0. The van der Waals surface area contributed by atoms with Gasteiger partial charge in [-0.2, -0.15) is 0 Å². The Kier molecular flexibility index (Phi) is 5.69. The van der Waals surface area contributed by atoms with E-state index in [0.717, 1.165) is 26.1 Å². The summed E-state index contributed by atoms with van der Waals surface area (Å²) in [4.78, 5) is 4.98. The van der Waals surface area contributed by atoms with Gasteiger partial charge in [-0.05, 0) is 27.3 Å². The molecule has 96 valence electrons. The van der Waals surface area contributed by atoms with E-state index in [1.165, 1.54) is 0 Å². The van der Waals surface area contributed by atoms with E-state index in [9.17, 15) is 0 Å². The summed E-state index contributed by atoms with van der Waals surface area (Å²) < 4.78 is 5.30. The summed E-state index contributed by atoms with van der Waals surface area (Å²) >= 11 is 0. The van der Waals surface area contributed by atoms with Crippen LogP contribution >= 0.6 is 0 Å². The highest BCUT2D eigenvalue weighted by Crippen LogP contribution is 2.13. The van der Waals surface area contributed by atoms with E-state index in [1.54, 1.807) is 7.11 Å². The molecule has 0 radical (unpaired) electrons. The lowest BCUT2D eigenvalue weighted by atomic mass is 10.1. The molecule has 0 spiro atoms. The third-order valence-corrected chi connectivity index (χ3v) is 3.80. The minimum atomic E-state index is 0.213. The zero-order valence-corrected chi connectivity index (χ0v) is 11.1. The van der Waals surface area contributed by atoms with Crippen LogP contribution in [0.15, 0.2) is 0 Å². The fourth-order valence-electron chi connectivity index (χ4n) is 2.35. The Morgan fingerprint density at radius 1 is 1.31 bits per heavy atom. The number of ether oxygens (including phenoxy) is 1. The normalized spacial score (nSPS) is 30.6. The van der Waals surface area contributed by atoms with Gasteiger partial charge in [0.15, 0.2) is 0 Å². The molecule has 0 amide bonds. The minimum Gasteiger partial charge on any atom is -0.380 e. The highest BCUT2D eigenvalue weighted by Gasteiger charge is 2.26. The second-order valence-electron chi connectivity index (χ2n) is 5.01. The smallest absolute Gasteiger partial charge is 0.0705 e. The molecule has 1 rings (SSSR count). The van der Waals surface area contributed by atoms with E-state index in [2.05, 4.69) is 30.7 Å². The first-order valence-corrected chi connectivity index (χ1v) is 6.25. The lowest BCUT2D eigenvalue weighted by Gasteiger charge is -2.42. The van der Waals surface area contributed by atoms with Crippen LogP contribution in [-0.2, 0) is 4.74 Å². The molecular weight excluding hydrogens is 202 g/mol. The van der Waals surface area contributed by atoms with E-state index in [-0.39, 0.29) is 6.10 Å². The molecular formula is C12H27N3O. The Morgan fingerprint density at radius 3 is 2.31 bits per heavy atom. The average molecular weight is 229 g/mol. The number of piperazine rings is 1.